The monoisotopic (exact) mass is 159 g/mol. The Kier molecular flexibility index (Phi) is 2.74. The number of nitrogens with two attached hydrogens (primary N) is 1. The van der Waals surface area contributed by atoms with Crippen molar-refractivity contribution in [2.45, 2.75) is 0 Å². The van der Waals surface area contributed by atoms with E-state index in [2.05, 4.69) is 5.32 Å². The lowest BCUT2D eigenvalue weighted by molar-refractivity contribution is 1.37. The van der Waals surface area contributed by atoms with Crippen LogP contribution in [0.2, 0.25) is 0 Å². The van der Waals surface area contributed by atoms with Crippen LogP contribution in [0, 0.1) is 11.3 Å². The summed E-state index contributed by atoms with van der Waals surface area (Å²) in [5.41, 5.74) is 6.34. The molecule has 0 saturated carbocycles. The Labute approximate surface area is 71.1 Å². The van der Waals surface area contributed by atoms with E-state index < -0.39 is 0 Å². The van der Waals surface area contributed by atoms with E-state index >= 15 is 0 Å². The van der Waals surface area contributed by atoms with Gasteiger partial charge in [0.25, 0.3) is 0 Å². The fourth-order valence-electron chi connectivity index (χ4n) is 0.728. The highest BCUT2D eigenvalue weighted by Gasteiger charge is 1.86. The molecular weight excluding hydrogens is 150 g/mol. The van der Waals surface area contributed by atoms with Gasteiger partial charge in [0, 0.05) is 11.9 Å². The van der Waals surface area contributed by atoms with Crippen LogP contribution in [-0.2, 0) is 0 Å². The number of nitrogens with zero attached hydrogens (tertiary/aromatic N) is 1. The van der Waals surface area contributed by atoms with Gasteiger partial charge in [-0.05, 0) is 12.1 Å². The van der Waals surface area contributed by atoms with E-state index in [4.69, 9.17) is 11.0 Å². The Bertz CT molecular complexity index is 308. The fraction of sp³-hybridized carbons (Fsp3) is 0. The summed E-state index contributed by atoms with van der Waals surface area (Å²) in [4.78, 5) is 0. The van der Waals surface area contributed by atoms with Crippen molar-refractivity contribution < 1.29 is 0 Å². The number of hydrogen-bond acceptors (Lipinski definition) is 3. The van der Waals surface area contributed by atoms with Crippen molar-refractivity contribution in [3.63, 3.8) is 0 Å². The summed E-state index contributed by atoms with van der Waals surface area (Å²) < 4.78 is 0. The van der Waals surface area contributed by atoms with E-state index in [9.17, 15) is 0 Å². The number of para-hydroxylation sites is 1. The van der Waals surface area contributed by atoms with Gasteiger partial charge >= 0.3 is 0 Å². The average molecular weight is 159 g/mol. The van der Waals surface area contributed by atoms with Gasteiger partial charge in [0.05, 0.1) is 0 Å². The van der Waals surface area contributed by atoms with Gasteiger partial charge in [-0.2, -0.15) is 5.26 Å². The molecule has 0 aliphatic heterocycles. The van der Waals surface area contributed by atoms with E-state index in [1.54, 1.807) is 0 Å². The molecule has 0 aliphatic carbocycles. The molecule has 0 aromatic heterocycles. The van der Waals surface area contributed by atoms with Gasteiger partial charge in [-0.25, -0.2) is 0 Å². The van der Waals surface area contributed by atoms with E-state index in [0.717, 1.165) is 5.69 Å². The van der Waals surface area contributed by atoms with Crippen molar-refractivity contribution in [3.8, 4) is 6.07 Å². The number of nitrogens with one attached hydrogen (secondary N) is 1. The van der Waals surface area contributed by atoms with E-state index in [1.165, 1.54) is 6.20 Å². The second kappa shape index (κ2) is 4.04. The summed E-state index contributed by atoms with van der Waals surface area (Å²) in [5, 5.41) is 11.2. The van der Waals surface area contributed by atoms with E-state index in [-0.39, 0.29) is 5.70 Å². The Morgan fingerprint density at radius 3 is 2.67 bits per heavy atom. The van der Waals surface area contributed by atoms with Crippen LogP contribution >= 0.6 is 0 Å². The van der Waals surface area contributed by atoms with Crippen molar-refractivity contribution in [1.82, 2.24) is 0 Å². The third kappa shape index (κ3) is 2.35. The third-order valence-corrected chi connectivity index (χ3v) is 1.30. The maximum Gasteiger partial charge on any atom is 0.127 e. The largest absolute Gasteiger partial charge is 0.389 e. The summed E-state index contributed by atoms with van der Waals surface area (Å²) in [6.45, 7) is 0. The first-order valence-electron chi connectivity index (χ1n) is 3.50. The summed E-state index contributed by atoms with van der Waals surface area (Å²) in [6, 6.07) is 11.3. The molecule has 0 aliphatic rings. The van der Waals surface area contributed by atoms with Crippen LogP contribution in [0.1, 0.15) is 0 Å². The molecule has 0 fully saturated rings. The summed E-state index contributed by atoms with van der Waals surface area (Å²) in [5.74, 6) is 0. The Balaban J connectivity index is 2.61. The van der Waals surface area contributed by atoms with Gasteiger partial charge in [0.2, 0.25) is 0 Å². The predicted octanol–water partition coefficient (Wildman–Crippen LogP) is 1.42. The highest BCUT2D eigenvalue weighted by molar-refractivity contribution is 5.46. The Morgan fingerprint density at radius 2 is 2.08 bits per heavy atom. The maximum absolute atomic E-state index is 8.33. The minimum atomic E-state index is 0.166. The summed E-state index contributed by atoms with van der Waals surface area (Å²) >= 11 is 0. The minimum Gasteiger partial charge on any atom is -0.389 e. The molecule has 1 aromatic rings. The summed E-state index contributed by atoms with van der Waals surface area (Å²) in [7, 11) is 0. The fourth-order valence-corrected chi connectivity index (χ4v) is 0.728. The second-order valence-corrected chi connectivity index (χ2v) is 2.22. The molecule has 60 valence electrons. The molecule has 3 N–H and O–H groups in total. The molecule has 0 unspecified atom stereocenters. The topological polar surface area (TPSA) is 61.8 Å². The van der Waals surface area contributed by atoms with E-state index in [1.807, 2.05) is 36.4 Å². The first-order chi connectivity index (χ1) is 5.83. The lowest BCUT2D eigenvalue weighted by atomic mass is 10.3. The maximum atomic E-state index is 8.33. The number of anilines is 1. The molecule has 1 aromatic carbocycles. The zero-order valence-electron chi connectivity index (χ0n) is 6.49. The Hall–Kier alpha value is -1.95. The quantitative estimate of drug-likeness (QED) is 0.641. The van der Waals surface area contributed by atoms with Crippen LogP contribution in [0.3, 0.4) is 0 Å². The van der Waals surface area contributed by atoms with Crippen LogP contribution in [0.4, 0.5) is 5.69 Å². The standard InChI is InChI=1S/C9H9N3/c10-6-8(11)7-12-9-4-2-1-3-5-9/h1-5,7,12H,11H2. The molecule has 3 heteroatoms. The number of nitriles is 1. The average Bonchev–Trinajstić information content (AvgIpc) is 2.16. The molecule has 12 heavy (non-hydrogen) atoms. The summed E-state index contributed by atoms with van der Waals surface area (Å²) in [6.07, 6.45) is 1.47. The predicted molar refractivity (Wildman–Crippen MR) is 47.9 cm³/mol. The molecule has 1 rings (SSSR count). The van der Waals surface area contributed by atoms with Crippen molar-refractivity contribution in [2.24, 2.45) is 5.73 Å². The van der Waals surface area contributed by atoms with Crippen LogP contribution in [0.5, 0.6) is 0 Å². The van der Waals surface area contributed by atoms with Crippen LogP contribution < -0.4 is 11.1 Å². The van der Waals surface area contributed by atoms with Crippen LogP contribution in [-0.4, -0.2) is 0 Å². The molecular formula is C9H9N3. The Morgan fingerprint density at radius 1 is 1.42 bits per heavy atom. The van der Waals surface area contributed by atoms with E-state index in [0.29, 0.717) is 0 Å². The minimum absolute atomic E-state index is 0.166. The highest BCUT2D eigenvalue weighted by Crippen LogP contribution is 2.04. The van der Waals surface area contributed by atoms with Crippen molar-refractivity contribution in [3.05, 3.63) is 42.2 Å². The number of benzene rings is 1. The van der Waals surface area contributed by atoms with Gasteiger partial charge in [-0.3, -0.25) is 0 Å². The molecule has 0 amide bonds. The first kappa shape index (κ1) is 8.15. The lowest BCUT2D eigenvalue weighted by Gasteiger charge is -1.98. The number of rotatable bonds is 2. The SMILES string of the molecule is N#CC(N)=CNc1ccccc1. The first-order valence-corrected chi connectivity index (χ1v) is 3.50. The van der Waals surface area contributed by atoms with Crippen molar-refractivity contribution in [2.75, 3.05) is 5.32 Å². The molecule has 0 atom stereocenters. The molecule has 0 saturated heterocycles. The molecule has 0 spiro atoms. The third-order valence-electron chi connectivity index (χ3n) is 1.30. The van der Waals surface area contributed by atoms with Gasteiger partial charge in [0.1, 0.15) is 11.8 Å². The van der Waals surface area contributed by atoms with Crippen LogP contribution in [0.25, 0.3) is 0 Å². The molecule has 3 nitrogen and oxygen atoms in total. The number of hydrogen-bond donors (Lipinski definition) is 2. The van der Waals surface area contributed by atoms with Crippen molar-refractivity contribution in [1.29, 1.82) is 5.26 Å². The molecule has 0 bridgehead atoms. The van der Waals surface area contributed by atoms with Gasteiger partial charge in [0.15, 0.2) is 0 Å². The van der Waals surface area contributed by atoms with Gasteiger partial charge in [-0.15, -0.1) is 0 Å². The normalized spacial score (nSPS) is 10.4. The molecule has 0 radical (unpaired) electrons. The molecule has 0 heterocycles. The van der Waals surface area contributed by atoms with Crippen molar-refractivity contribution >= 4 is 5.69 Å². The zero-order valence-corrected chi connectivity index (χ0v) is 6.49. The second-order valence-electron chi connectivity index (χ2n) is 2.22. The smallest absolute Gasteiger partial charge is 0.127 e. The highest BCUT2D eigenvalue weighted by atomic mass is 14.9. The van der Waals surface area contributed by atoms with Crippen LogP contribution in [0.15, 0.2) is 42.2 Å². The number of allylic oxidation sites excluding steroid dienone is 1. The lowest BCUT2D eigenvalue weighted by Crippen LogP contribution is -1.97. The zero-order chi connectivity index (χ0) is 8.81. The van der Waals surface area contributed by atoms with Gasteiger partial charge in [-0.1, -0.05) is 18.2 Å². The van der Waals surface area contributed by atoms with Gasteiger partial charge < -0.3 is 11.1 Å².